The topological polar surface area (TPSA) is 110 Å². The van der Waals surface area contributed by atoms with Crippen molar-refractivity contribution >= 4 is 23.8 Å². The molecular weight excluding hydrogens is 474 g/mol. The maximum absolute atomic E-state index is 13.2. The fourth-order valence-electron chi connectivity index (χ4n) is 4.08. The summed E-state index contributed by atoms with van der Waals surface area (Å²) in [4.78, 5) is 40.1. The van der Waals surface area contributed by atoms with Crippen molar-refractivity contribution in [1.29, 1.82) is 0 Å². The lowest BCUT2D eigenvalue weighted by atomic mass is 10.1. The molecule has 3 aromatic rings. The van der Waals surface area contributed by atoms with Crippen LogP contribution in [-0.4, -0.2) is 43.4 Å². The molecule has 2 N–H and O–H groups in total. The number of nitrogens with zero attached hydrogens (tertiary/aromatic N) is 1. The molecule has 9 nitrogen and oxygen atoms in total. The van der Waals surface area contributed by atoms with Crippen LogP contribution in [0, 0.1) is 0 Å². The van der Waals surface area contributed by atoms with Crippen LogP contribution in [0.4, 0.5) is 0 Å². The van der Waals surface area contributed by atoms with Gasteiger partial charge >= 0.3 is 0 Å². The maximum atomic E-state index is 13.2. The highest BCUT2D eigenvalue weighted by Crippen LogP contribution is 2.27. The summed E-state index contributed by atoms with van der Waals surface area (Å²) in [5.74, 6) is 0.437. The summed E-state index contributed by atoms with van der Waals surface area (Å²) < 4.78 is 15.9. The fourth-order valence-corrected chi connectivity index (χ4v) is 4.08. The van der Waals surface area contributed by atoms with Crippen LogP contribution in [0.2, 0.25) is 0 Å². The zero-order valence-electron chi connectivity index (χ0n) is 20.8. The minimum absolute atomic E-state index is 0.0157. The molecule has 1 aromatic heterocycles. The van der Waals surface area contributed by atoms with Gasteiger partial charge in [-0.15, -0.1) is 0 Å². The molecule has 9 heteroatoms. The van der Waals surface area contributed by atoms with Crippen molar-refractivity contribution in [2.45, 2.75) is 25.9 Å². The zero-order valence-corrected chi connectivity index (χ0v) is 20.8. The predicted molar refractivity (Wildman–Crippen MR) is 137 cm³/mol. The second kappa shape index (κ2) is 11.9. The van der Waals surface area contributed by atoms with Crippen molar-refractivity contribution in [3.63, 3.8) is 0 Å². The molecule has 0 aliphatic carbocycles. The summed E-state index contributed by atoms with van der Waals surface area (Å²) in [5.41, 5.74) is 2.15. The van der Waals surface area contributed by atoms with Crippen molar-refractivity contribution in [2.24, 2.45) is 0 Å². The SMILES string of the molecule is COc1ccc(C(=O)N/C(=C\c2ccco2)C(=O)NCc2ccccc2CN2CCCC2=O)cc1OC. The van der Waals surface area contributed by atoms with E-state index < -0.39 is 11.8 Å². The van der Waals surface area contributed by atoms with Crippen molar-refractivity contribution < 1.29 is 28.3 Å². The van der Waals surface area contributed by atoms with Gasteiger partial charge in [-0.3, -0.25) is 14.4 Å². The van der Waals surface area contributed by atoms with Gasteiger partial charge in [-0.1, -0.05) is 24.3 Å². The Bertz CT molecular complexity index is 1300. The number of carbonyl (C=O) groups excluding carboxylic acids is 3. The zero-order chi connectivity index (χ0) is 26.2. The molecule has 1 aliphatic heterocycles. The number of rotatable bonds is 10. The maximum Gasteiger partial charge on any atom is 0.268 e. The largest absolute Gasteiger partial charge is 0.493 e. The van der Waals surface area contributed by atoms with Crippen LogP contribution in [0.15, 0.2) is 71.0 Å². The molecule has 1 saturated heterocycles. The van der Waals surface area contributed by atoms with Gasteiger partial charge in [0.2, 0.25) is 5.91 Å². The van der Waals surface area contributed by atoms with E-state index in [1.54, 1.807) is 24.3 Å². The Hall–Kier alpha value is -4.53. The highest BCUT2D eigenvalue weighted by Gasteiger charge is 2.21. The molecule has 0 spiro atoms. The van der Waals surface area contributed by atoms with Crippen LogP contribution >= 0.6 is 0 Å². The Morgan fingerprint density at radius 3 is 2.49 bits per heavy atom. The van der Waals surface area contributed by atoms with Crippen LogP contribution in [-0.2, 0) is 22.7 Å². The number of amides is 3. The number of ether oxygens (including phenoxy) is 2. The lowest BCUT2D eigenvalue weighted by Crippen LogP contribution is -2.35. The standard InChI is InChI=1S/C28H29N3O6/c1-35-24-12-11-19(15-25(24)36-2)27(33)30-23(16-22-9-6-14-37-22)28(34)29-17-20-7-3-4-8-21(20)18-31-13-5-10-26(31)32/h3-4,6-9,11-12,14-16H,5,10,13,17-18H2,1-2H3,(H,29,34)(H,30,33)/b23-16-. The van der Waals surface area contributed by atoms with Crippen LogP contribution in [0.1, 0.15) is 40.1 Å². The van der Waals surface area contributed by atoms with E-state index in [-0.39, 0.29) is 23.7 Å². The van der Waals surface area contributed by atoms with Gasteiger partial charge in [0.25, 0.3) is 11.8 Å². The first-order chi connectivity index (χ1) is 18.0. The van der Waals surface area contributed by atoms with E-state index in [0.29, 0.717) is 30.2 Å². The van der Waals surface area contributed by atoms with Gasteiger partial charge in [0.05, 0.1) is 20.5 Å². The monoisotopic (exact) mass is 503 g/mol. The van der Waals surface area contributed by atoms with Crippen LogP contribution < -0.4 is 20.1 Å². The average Bonchev–Trinajstić information content (AvgIpc) is 3.58. The quantitative estimate of drug-likeness (QED) is 0.410. The van der Waals surface area contributed by atoms with Crippen molar-refractivity contribution in [1.82, 2.24) is 15.5 Å². The number of hydrogen-bond donors (Lipinski definition) is 2. The van der Waals surface area contributed by atoms with E-state index in [9.17, 15) is 14.4 Å². The lowest BCUT2D eigenvalue weighted by Gasteiger charge is -2.18. The molecule has 0 bridgehead atoms. The van der Waals surface area contributed by atoms with Crippen LogP contribution in [0.3, 0.4) is 0 Å². The number of likely N-dealkylation sites (tertiary alicyclic amines) is 1. The van der Waals surface area contributed by atoms with Gasteiger partial charge in [0.15, 0.2) is 11.5 Å². The second-order valence-electron chi connectivity index (χ2n) is 8.47. The van der Waals surface area contributed by atoms with Crippen molar-refractivity contribution in [3.8, 4) is 11.5 Å². The Morgan fingerprint density at radius 1 is 1.03 bits per heavy atom. The Morgan fingerprint density at radius 2 is 1.81 bits per heavy atom. The summed E-state index contributed by atoms with van der Waals surface area (Å²) in [7, 11) is 2.99. The van der Waals surface area contributed by atoms with E-state index in [1.165, 1.54) is 32.6 Å². The summed E-state index contributed by atoms with van der Waals surface area (Å²) in [5, 5.41) is 5.55. The van der Waals surface area contributed by atoms with E-state index in [2.05, 4.69) is 10.6 Å². The van der Waals surface area contributed by atoms with Gasteiger partial charge in [-0.25, -0.2) is 0 Å². The number of furan rings is 1. The molecule has 4 rings (SSSR count). The highest BCUT2D eigenvalue weighted by atomic mass is 16.5. The third-order valence-electron chi connectivity index (χ3n) is 6.06. The third kappa shape index (κ3) is 6.38. The molecule has 0 radical (unpaired) electrons. The molecular formula is C28H29N3O6. The van der Waals surface area contributed by atoms with Gasteiger partial charge in [0, 0.05) is 37.7 Å². The summed E-state index contributed by atoms with van der Waals surface area (Å²) in [6.45, 7) is 1.45. The average molecular weight is 504 g/mol. The molecule has 192 valence electrons. The third-order valence-corrected chi connectivity index (χ3v) is 6.06. The first kappa shape index (κ1) is 25.6. The minimum atomic E-state index is -0.498. The number of methoxy groups -OCH3 is 2. The lowest BCUT2D eigenvalue weighted by molar-refractivity contribution is -0.128. The van der Waals surface area contributed by atoms with Crippen LogP contribution in [0.5, 0.6) is 11.5 Å². The normalized spacial score (nSPS) is 13.4. The second-order valence-corrected chi connectivity index (χ2v) is 8.47. The van der Waals surface area contributed by atoms with E-state index in [1.807, 2.05) is 29.2 Å². The van der Waals surface area contributed by atoms with Gasteiger partial charge < -0.3 is 29.4 Å². The fraction of sp³-hybridized carbons (Fsp3) is 0.250. The summed E-state index contributed by atoms with van der Waals surface area (Å²) in [6, 6.07) is 15.8. The van der Waals surface area contributed by atoms with E-state index in [0.717, 1.165) is 24.1 Å². The first-order valence-electron chi connectivity index (χ1n) is 11.9. The molecule has 0 unspecified atom stereocenters. The van der Waals surface area contributed by atoms with Crippen molar-refractivity contribution in [2.75, 3.05) is 20.8 Å². The Labute approximate surface area is 215 Å². The first-order valence-corrected chi connectivity index (χ1v) is 11.9. The number of nitrogens with one attached hydrogen (secondary N) is 2. The molecule has 0 saturated carbocycles. The number of benzene rings is 2. The van der Waals surface area contributed by atoms with Crippen LogP contribution in [0.25, 0.3) is 6.08 Å². The van der Waals surface area contributed by atoms with Gasteiger partial charge in [-0.05, 0) is 47.9 Å². The van der Waals surface area contributed by atoms with E-state index in [4.69, 9.17) is 13.9 Å². The molecule has 2 heterocycles. The summed E-state index contributed by atoms with van der Waals surface area (Å²) in [6.07, 6.45) is 4.37. The highest BCUT2D eigenvalue weighted by molar-refractivity contribution is 6.05. The number of hydrogen-bond acceptors (Lipinski definition) is 6. The van der Waals surface area contributed by atoms with E-state index >= 15 is 0 Å². The number of carbonyl (C=O) groups is 3. The molecule has 2 aromatic carbocycles. The molecule has 0 atom stereocenters. The van der Waals surface area contributed by atoms with Gasteiger partial charge in [-0.2, -0.15) is 0 Å². The molecule has 3 amide bonds. The molecule has 1 fully saturated rings. The van der Waals surface area contributed by atoms with Crippen molar-refractivity contribution in [3.05, 3.63) is 89.0 Å². The molecule has 1 aliphatic rings. The summed E-state index contributed by atoms with van der Waals surface area (Å²) >= 11 is 0. The minimum Gasteiger partial charge on any atom is -0.493 e. The Kier molecular flexibility index (Phi) is 8.25. The van der Waals surface area contributed by atoms with Gasteiger partial charge in [0.1, 0.15) is 11.5 Å². The smallest absolute Gasteiger partial charge is 0.268 e. The Balaban J connectivity index is 1.50. The predicted octanol–water partition coefficient (Wildman–Crippen LogP) is 3.51. The molecule has 37 heavy (non-hydrogen) atoms.